The number of benzene rings is 6. The number of aromatic nitrogens is 6. The number of nitrogens with zero attached hydrogens (tertiary/aromatic N) is 6. The van der Waals surface area contributed by atoms with Crippen molar-refractivity contribution in [2.24, 2.45) is 0 Å². The molecule has 0 spiro atoms. The molecule has 0 saturated carbocycles. The van der Waals surface area contributed by atoms with E-state index < -0.39 is 35.4 Å². The first-order valence-electron chi connectivity index (χ1n) is 41.2. The van der Waals surface area contributed by atoms with Gasteiger partial charge in [-0.2, -0.15) is 0 Å². The van der Waals surface area contributed by atoms with Crippen molar-refractivity contribution in [3.05, 3.63) is 350 Å². The lowest BCUT2D eigenvalue weighted by Crippen LogP contribution is -2.26. The first-order valence-corrected chi connectivity index (χ1v) is 43.5. The molecule has 12 bridgehead atoms. The van der Waals surface area contributed by atoms with Crippen LogP contribution in [-0.2, 0) is 38.5 Å². The molecule has 6 aromatic heterocycles. The second-order valence-electron chi connectivity index (χ2n) is 29.4. The Morgan fingerprint density at radius 2 is 0.357 bits per heavy atom. The van der Waals surface area contributed by atoms with Crippen molar-refractivity contribution in [3.63, 3.8) is 0 Å². The van der Waals surface area contributed by atoms with Gasteiger partial charge in [-0.25, -0.2) is 0 Å². The van der Waals surface area contributed by atoms with Crippen LogP contribution in [0.1, 0.15) is 168 Å². The minimum absolute atomic E-state index is 0.169. The van der Waals surface area contributed by atoms with Gasteiger partial charge in [0.05, 0.1) is 39.6 Å². The molecule has 6 N–H and O–H groups in total. The second-order valence-corrected chi connectivity index (χ2v) is 32.0. The van der Waals surface area contributed by atoms with E-state index in [1.54, 1.807) is 36.4 Å². The van der Waals surface area contributed by atoms with Gasteiger partial charge in [0.1, 0.15) is 68.7 Å². The molecule has 6 amide bonds. The summed E-state index contributed by atoms with van der Waals surface area (Å²) in [4.78, 5) is 106. The summed E-state index contributed by atoms with van der Waals surface area (Å²) >= 11 is 37.7. The lowest BCUT2D eigenvalue weighted by Gasteiger charge is -2.23. The highest BCUT2D eigenvalue weighted by Gasteiger charge is 2.26. The van der Waals surface area contributed by atoms with Crippen LogP contribution in [0.2, 0.25) is 30.1 Å². The number of amides is 6. The molecule has 0 saturated heterocycles. The van der Waals surface area contributed by atoms with Crippen molar-refractivity contribution < 1.29 is 57.2 Å². The summed E-state index contributed by atoms with van der Waals surface area (Å²) in [5.41, 5.74) is 10.8. The highest BCUT2D eigenvalue weighted by Crippen LogP contribution is 2.41. The molecule has 6 heterocycles. The van der Waals surface area contributed by atoms with E-state index >= 15 is 0 Å². The molecule has 648 valence electrons. The predicted octanol–water partition coefficient (Wildman–Crippen LogP) is 17.0. The van der Waals surface area contributed by atoms with Crippen LogP contribution in [0.5, 0.6) is 34.5 Å². The third kappa shape index (κ3) is 26.3. The van der Waals surface area contributed by atoms with Gasteiger partial charge >= 0.3 is 0 Å². The van der Waals surface area contributed by atoms with Crippen LogP contribution in [0, 0.1) is 0 Å². The fourth-order valence-corrected chi connectivity index (χ4v) is 15.2. The Morgan fingerprint density at radius 3 is 0.484 bits per heavy atom. The number of nitrogens with one attached hydrogen (secondary N) is 6. The number of hydrogen-bond donors (Lipinski definition) is 6. The molecule has 6 aromatic carbocycles. The van der Waals surface area contributed by atoms with Crippen LogP contribution in [0.15, 0.2) is 219 Å². The number of para-hydroxylation sites is 6. The fraction of sp³-hybridized carbons (Fsp3) is 0.250. The molecule has 0 fully saturated rings. The maximum absolute atomic E-state index is 13.4. The molecule has 13 rings (SSSR count). The molecule has 24 nitrogen and oxygen atoms in total. The number of ether oxygens (including phenoxy) is 6. The van der Waals surface area contributed by atoms with E-state index in [-0.39, 0.29) is 152 Å². The van der Waals surface area contributed by atoms with Crippen LogP contribution in [0.3, 0.4) is 0 Å². The van der Waals surface area contributed by atoms with E-state index in [4.69, 9.17) is 98.0 Å². The zero-order valence-electron chi connectivity index (χ0n) is 68.6. The number of pyridine rings is 6. The molecule has 126 heavy (non-hydrogen) atoms. The number of fused-ring (bicyclic) bond motifs is 12. The average molecular weight is 1820 g/mol. The summed E-state index contributed by atoms with van der Waals surface area (Å²) in [7, 11) is 0. The molecular weight excluding hydrogens is 1730 g/mol. The van der Waals surface area contributed by atoms with Crippen molar-refractivity contribution in [2.75, 3.05) is 78.9 Å². The predicted molar refractivity (Wildman–Crippen MR) is 486 cm³/mol. The lowest BCUT2D eigenvalue weighted by atomic mass is 9.91. The van der Waals surface area contributed by atoms with Crippen molar-refractivity contribution >= 4 is 105 Å². The van der Waals surface area contributed by atoms with Gasteiger partial charge in [-0.15, -0.1) is 0 Å². The Bertz CT molecular complexity index is 4820. The number of halogens is 6. The Morgan fingerprint density at radius 1 is 0.222 bits per heavy atom. The van der Waals surface area contributed by atoms with Crippen LogP contribution < -0.4 is 60.3 Å². The summed E-state index contributed by atoms with van der Waals surface area (Å²) in [5, 5.41) is 20.1. The molecule has 0 atom stereocenters. The first-order chi connectivity index (χ1) is 61.4. The lowest BCUT2D eigenvalue weighted by molar-refractivity contribution is 0.0938. The number of hydrogen-bond acceptors (Lipinski definition) is 18. The molecule has 12 aromatic rings. The van der Waals surface area contributed by atoms with E-state index in [0.717, 1.165) is 66.8 Å². The standard InChI is InChI=1S/C96H90Cl6N12O12/c97-73-25-37-103-79(55-73)91(115)109-31-7-43-121-85-61-13-1-14-62(85)50-64-16-3-18-66(87(64)123-45-9-33-111-93(117)81-57-75(99)27-39-105-81)52-68-20-5-22-70(89(68)125-47-11-35-113-95(119)83-59-77(101)29-41-107-83)54-72-24-6-23-71(90(72)126-48-12-36-114-96(120)84-60-78(102)30-42-108-84)53-69-21-4-19-67(88(69)124-46-10-34-112-94(118)82-58-76(100)28-40-106-82)51-65-17-2-15-63(49-61)86(65)122-44-8-32-110-92(116)80-56-74(98)26-38-104-80/h1-6,13-30,37-42,55-60H,7-12,31-36,43-54H2,(H,109,115)(H,110,116)(H,111,117)(H,112,118)(H,113,119)(H,114,120). The SMILES string of the molecule is O=C(NCCCOc1c2cccc1Cc1cccc(c1OCCCNC(=O)c1cc(Cl)ccn1)Cc1cccc(c1OCCCNC(=O)c1cc(Cl)ccn1)Cc1cccc(c1OCCCNC(=O)c1cc(Cl)ccn1)Cc1cccc(c1OCCCNC(=O)c1cc(Cl)ccn1)Cc1cccc(c1OCCCNC(=O)c1cc(Cl)ccn1)C2)c1cc(Cl)ccn1. The van der Waals surface area contributed by atoms with E-state index in [2.05, 4.69) is 61.8 Å². The molecule has 0 unspecified atom stereocenters. The van der Waals surface area contributed by atoms with Crippen molar-refractivity contribution in [2.45, 2.75) is 77.0 Å². The van der Waals surface area contributed by atoms with Gasteiger partial charge in [-0.1, -0.05) is 179 Å². The monoisotopic (exact) mass is 1810 g/mol. The smallest absolute Gasteiger partial charge is 0.269 e. The largest absolute Gasteiger partial charge is 0.493 e. The van der Waals surface area contributed by atoms with Crippen LogP contribution in [0.25, 0.3) is 0 Å². The summed E-state index contributed by atoms with van der Waals surface area (Å²) in [6.45, 7) is 2.44. The number of carbonyl (C=O) groups excluding carboxylic acids is 6. The molecule has 1 aliphatic rings. The first kappa shape index (κ1) is 91.3. The Hall–Kier alpha value is -12.4. The second kappa shape index (κ2) is 46.5. The summed E-state index contributed by atoms with van der Waals surface area (Å²) in [6, 6.07) is 55.0. The molecule has 0 radical (unpaired) electrons. The van der Waals surface area contributed by atoms with E-state index in [1.165, 1.54) is 73.6 Å². The molecule has 30 heteroatoms. The van der Waals surface area contributed by atoms with Crippen molar-refractivity contribution in [3.8, 4) is 34.5 Å². The molecular formula is C96H90Cl6N12O12. The van der Waals surface area contributed by atoms with E-state index in [0.29, 0.717) is 103 Å². The zero-order chi connectivity index (χ0) is 87.9. The molecule has 0 aliphatic heterocycles. The minimum atomic E-state index is -0.392. The van der Waals surface area contributed by atoms with Crippen LogP contribution in [0.4, 0.5) is 0 Å². The maximum Gasteiger partial charge on any atom is 0.269 e. The van der Waals surface area contributed by atoms with Crippen LogP contribution in [-0.4, -0.2) is 144 Å². The highest BCUT2D eigenvalue weighted by atomic mass is 35.5. The average Bonchev–Trinajstić information content (AvgIpc) is 0.791. The Labute approximate surface area is 759 Å². The summed E-state index contributed by atoms with van der Waals surface area (Å²) in [6.07, 6.45) is 12.9. The Balaban J connectivity index is 0.919. The van der Waals surface area contributed by atoms with Gasteiger partial charge in [0.2, 0.25) is 0 Å². The number of rotatable bonds is 36. The Kier molecular flexibility index (Phi) is 33.7. The van der Waals surface area contributed by atoms with Crippen molar-refractivity contribution in [1.29, 1.82) is 0 Å². The number of carbonyl (C=O) groups is 6. The summed E-state index contributed by atoms with van der Waals surface area (Å²) in [5.74, 6) is 1.19. The van der Waals surface area contributed by atoms with E-state index in [9.17, 15) is 28.8 Å². The van der Waals surface area contributed by atoms with Gasteiger partial charge in [-0.05, 0) is 178 Å². The van der Waals surface area contributed by atoms with Crippen molar-refractivity contribution in [1.82, 2.24) is 61.8 Å². The van der Waals surface area contributed by atoms with Crippen LogP contribution >= 0.6 is 69.6 Å². The quantitative estimate of drug-likeness (QED) is 0.0199. The van der Waals surface area contributed by atoms with Gasteiger partial charge in [-0.3, -0.25) is 58.7 Å². The zero-order valence-corrected chi connectivity index (χ0v) is 73.1. The van der Waals surface area contributed by atoms with Gasteiger partial charge in [0.15, 0.2) is 0 Å². The third-order valence-electron chi connectivity index (χ3n) is 20.2. The normalized spacial score (nSPS) is 11.7. The topological polar surface area (TPSA) is 307 Å². The minimum Gasteiger partial charge on any atom is -0.493 e. The van der Waals surface area contributed by atoms with E-state index in [1.807, 2.05) is 109 Å². The third-order valence-corrected chi connectivity index (χ3v) is 21.6. The highest BCUT2D eigenvalue weighted by molar-refractivity contribution is 6.32. The summed E-state index contributed by atoms with van der Waals surface area (Å²) < 4.78 is 42.5. The van der Waals surface area contributed by atoms with Gasteiger partial charge in [0, 0.05) is 145 Å². The van der Waals surface area contributed by atoms with Gasteiger partial charge < -0.3 is 60.3 Å². The van der Waals surface area contributed by atoms with Gasteiger partial charge in [0.25, 0.3) is 35.4 Å². The maximum atomic E-state index is 13.4. The fourth-order valence-electron chi connectivity index (χ4n) is 14.2. The molecule has 1 aliphatic carbocycles.